The predicted molar refractivity (Wildman–Crippen MR) is 84.0 cm³/mol. The molecule has 2 aliphatic rings. The van der Waals surface area contributed by atoms with Crippen molar-refractivity contribution in [1.82, 2.24) is 0 Å². The minimum atomic E-state index is -0.275. The van der Waals surface area contributed by atoms with Crippen LogP contribution in [0.5, 0.6) is 11.5 Å². The third-order valence-electron chi connectivity index (χ3n) is 4.27. The molecule has 0 amide bonds. The summed E-state index contributed by atoms with van der Waals surface area (Å²) >= 11 is 0. The molecule has 0 N–H and O–H groups in total. The molecule has 0 unspecified atom stereocenters. The number of benzene rings is 1. The third-order valence-corrected chi connectivity index (χ3v) is 4.27. The second kappa shape index (κ2) is 7.49. The summed E-state index contributed by atoms with van der Waals surface area (Å²) in [6, 6.07) is 5.13. The summed E-state index contributed by atoms with van der Waals surface area (Å²) in [7, 11) is 0. The number of ketones is 1. The summed E-state index contributed by atoms with van der Waals surface area (Å²) in [6.45, 7) is 1.01. The Hall–Kier alpha value is -2.04. The number of carbonyl (C=O) groups excluding carboxylic acids is 2. The van der Waals surface area contributed by atoms with Crippen LogP contribution >= 0.6 is 0 Å². The van der Waals surface area contributed by atoms with Crippen molar-refractivity contribution in [2.75, 3.05) is 13.2 Å². The molecule has 1 fully saturated rings. The molecule has 23 heavy (non-hydrogen) atoms. The molecule has 0 radical (unpaired) electrons. The second-order valence-electron chi connectivity index (χ2n) is 6.03. The Balaban J connectivity index is 1.49. The van der Waals surface area contributed by atoms with Crippen molar-refractivity contribution in [3.05, 3.63) is 23.8 Å². The minimum Gasteiger partial charge on any atom is -0.486 e. The fourth-order valence-corrected chi connectivity index (χ4v) is 3.00. The predicted octanol–water partition coefficient (Wildman–Crippen LogP) is 3.30. The average Bonchev–Trinajstić information content (AvgIpc) is 2.60. The van der Waals surface area contributed by atoms with E-state index >= 15 is 0 Å². The zero-order valence-electron chi connectivity index (χ0n) is 13.2. The highest BCUT2D eigenvalue weighted by Gasteiger charge is 2.19. The SMILES string of the molecule is O=C(CCC(=O)c1ccc2c(c1)OCCO2)OC1CCCCC1. The summed E-state index contributed by atoms with van der Waals surface area (Å²) in [6.07, 6.45) is 5.68. The van der Waals surface area contributed by atoms with Crippen molar-refractivity contribution in [2.45, 2.75) is 51.0 Å². The van der Waals surface area contributed by atoms with Gasteiger partial charge in [0.1, 0.15) is 19.3 Å². The van der Waals surface area contributed by atoms with E-state index in [1.54, 1.807) is 18.2 Å². The number of Topliss-reactive ketones (excluding diaryl/α,β-unsaturated/α-hetero) is 1. The van der Waals surface area contributed by atoms with Crippen molar-refractivity contribution >= 4 is 11.8 Å². The number of carbonyl (C=O) groups is 2. The molecule has 124 valence electrons. The van der Waals surface area contributed by atoms with E-state index in [0.717, 1.165) is 25.7 Å². The van der Waals surface area contributed by atoms with Gasteiger partial charge in [-0.15, -0.1) is 0 Å². The molecule has 1 aromatic carbocycles. The molecular formula is C18H22O5. The molecule has 0 saturated heterocycles. The lowest BCUT2D eigenvalue weighted by atomic mass is 9.98. The van der Waals surface area contributed by atoms with E-state index in [1.807, 2.05) is 0 Å². The number of rotatable bonds is 5. The summed E-state index contributed by atoms with van der Waals surface area (Å²) in [5.41, 5.74) is 0.541. The zero-order valence-corrected chi connectivity index (χ0v) is 13.2. The summed E-state index contributed by atoms with van der Waals surface area (Å²) in [5.74, 6) is 0.891. The number of fused-ring (bicyclic) bond motifs is 1. The van der Waals surface area contributed by atoms with Gasteiger partial charge in [-0.2, -0.15) is 0 Å². The molecular weight excluding hydrogens is 296 g/mol. The van der Waals surface area contributed by atoms with Crippen LogP contribution in [0.2, 0.25) is 0 Å². The zero-order chi connectivity index (χ0) is 16.1. The highest BCUT2D eigenvalue weighted by molar-refractivity contribution is 5.98. The quantitative estimate of drug-likeness (QED) is 0.616. The Kier molecular flexibility index (Phi) is 5.16. The van der Waals surface area contributed by atoms with Gasteiger partial charge < -0.3 is 14.2 Å². The van der Waals surface area contributed by atoms with E-state index in [2.05, 4.69) is 0 Å². The molecule has 0 bridgehead atoms. The standard InChI is InChI=1S/C18H22O5/c19-15(7-9-18(20)23-14-4-2-1-3-5-14)13-6-8-16-17(12-13)22-11-10-21-16/h6,8,12,14H,1-5,7,9-11H2. The maximum atomic E-state index is 12.2. The summed E-state index contributed by atoms with van der Waals surface area (Å²) in [5, 5.41) is 0. The number of hydrogen-bond acceptors (Lipinski definition) is 5. The lowest BCUT2D eigenvalue weighted by Crippen LogP contribution is -2.21. The van der Waals surface area contributed by atoms with Crippen LogP contribution in [0.15, 0.2) is 18.2 Å². The first-order chi connectivity index (χ1) is 11.2. The van der Waals surface area contributed by atoms with E-state index in [9.17, 15) is 9.59 Å². The van der Waals surface area contributed by atoms with Crippen LogP contribution in [0.25, 0.3) is 0 Å². The maximum absolute atomic E-state index is 12.2. The average molecular weight is 318 g/mol. The van der Waals surface area contributed by atoms with Gasteiger partial charge >= 0.3 is 5.97 Å². The van der Waals surface area contributed by atoms with Crippen LogP contribution in [-0.2, 0) is 9.53 Å². The van der Waals surface area contributed by atoms with E-state index in [1.165, 1.54) is 6.42 Å². The van der Waals surface area contributed by atoms with Gasteiger partial charge in [0.15, 0.2) is 17.3 Å². The Morgan fingerprint density at radius 1 is 1.00 bits per heavy atom. The Labute approximate surface area is 135 Å². The van der Waals surface area contributed by atoms with Gasteiger partial charge in [-0.05, 0) is 43.9 Å². The molecule has 5 nitrogen and oxygen atoms in total. The molecule has 0 aromatic heterocycles. The van der Waals surface area contributed by atoms with E-state index in [4.69, 9.17) is 14.2 Å². The number of hydrogen-bond donors (Lipinski definition) is 0. The molecule has 0 spiro atoms. The van der Waals surface area contributed by atoms with Gasteiger partial charge in [-0.25, -0.2) is 0 Å². The van der Waals surface area contributed by atoms with Gasteiger partial charge in [-0.1, -0.05) is 6.42 Å². The minimum absolute atomic E-state index is 0.0423. The monoisotopic (exact) mass is 318 g/mol. The van der Waals surface area contributed by atoms with Crippen LogP contribution in [0, 0.1) is 0 Å². The van der Waals surface area contributed by atoms with Crippen molar-refractivity contribution in [3.8, 4) is 11.5 Å². The van der Waals surface area contributed by atoms with Crippen LogP contribution in [-0.4, -0.2) is 31.1 Å². The van der Waals surface area contributed by atoms with Gasteiger partial charge in [0.2, 0.25) is 0 Å². The molecule has 1 aliphatic carbocycles. The number of ether oxygens (including phenoxy) is 3. The normalized spacial score (nSPS) is 17.6. The lowest BCUT2D eigenvalue weighted by molar-refractivity contribution is -0.150. The summed E-state index contributed by atoms with van der Waals surface area (Å²) in [4.78, 5) is 24.1. The highest BCUT2D eigenvalue weighted by Crippen LogP contribution is 2.31. The van der Waals surface area contributed by atoms with Gasteiger partial charge in [0.25, 0.3) is 0 Å². The first kappa shape index (κ1) is 15.8. The molecule has 5 heteroatoms. The van der Waals surface area contributed by atoms with Crippen molar-refractivity contribution in [1.29, 1.82) is 0 Å². The molecule has 0 atom stereocenters. The van der Waals surface area contributed by atoms with Crippen molar-refractivity contribution in [3.63, 3.8) is 0 Å². The first-order valence-corrected chi connectivity index (χ1v) is 8.35. The summed E-state index contributed by atoms with van der Waals surface area (Å²) < 4.78 is 16.3. The first-order valence-electron chi connectivity index (χ1n) is 8.35. The Bertz CT molecular complexity index is 575. The van der Waals surface area contributed by atoms with Crippen LogP contribution < -0.4 is 9.47 Å². The largest absolute Gasteiger partial charge is 0.486 e. The van der Waals surface area contributed by atoms with Crippen molar-refractivity contribution in [2.24, 2.45) is 0 Å². The topological polar surface area (TPSA) is 61.8 Å². The Morgan fingerprint density at radius 3 is 2.52 bits per heavy atom. The Morgan fingerprint density at radius 2 is 1.74 bits per heavy atom. The molecule has 1 aromatic rings. The highest BCUT2D eigenvalue weighted by atomic mass is 16.6. The van der Waals surface area contributed by atoms with Crippen LogP contribution in [0.1, 0.15) is 55.3 Å². The molecule has 1 heterocycles. The van der Waals surface area contributed by atoms with E-state index in [-0.39, 0.29) is 30.7 Å². The number of esters is 1. The van der Waals surface area contributed by atoms with Crippen LogP contribution in [0.3, 0.4) is 0 Å². The van der Waals surface area contributed by atoms with Gasteiger partial charge in [0.05, 0.1) is 6.42 Å². The lowest BCUT2D eigenvalue weighted by Gasteiger charge is -2.21. The van der Waals surface area contributed by atoms with E-state index in [0.29, 0.717) is 30.3 Å². The third kappa shape index (κ3) is 4.24. The molecule has 3 rings (SSSR count). The fraction of sp³-hybridized carbons (Fsp3) is 0.556. The van der Waals surface area contributed by atoms with Gasteiger partial charge in [-0.3, -0.25) is 9.59 Å². The van der Waals surface area contributed by atoms with Gasteiger partial charge in [0, 0.05) is 12.0 Å². The van der Waals surface area contributed by atoms with Crippen LogP contribution in [0.4, 0.5) is 0 Å². The van der Waals surface area contributed by atoms with Crippen molar-refractivity contribution < 1.29 is 23.8 Å². The molecule has 1 saturated carbocycles. The maximum Gasteiger partial charge on any atom is 0.306 e. The smallest absolute Gasteiger partial charge is 0.306 e. The molecule has 1 aliphatic heterocycles. The van der Waals surface area contributed by atoms with E-state index < -0.39 is 0 Å². The second-order valence-corrected chi connectivity index (χ2v) is 6.03. The fourth-order valence-electron chi connectivity index (χ4n) is 3.00.